The van der Waals surface area contributed by atoms with Gasteiger partial charge in [-0.2, -0.15) is 5.26 Å². The molecule has 0 bridgehead atoms. The number of piperidine rings is 2. The van der Waals surface area contributed by atoms with Gasteiger partial charge in [0.25, 0.3) is 5.91 Å². The first-order valence-electron chi connectivity index (χ1n) is 13.9. The van der Waals surface area contributed by atoms with Crippen molar-refractivity contribution in [3.8, 4) is 6.07 Å². The number of primary amides is 1. The molecule has 0 saturated carbocycles. The molecule has 2 heterocycles. The molecule has 2 aromatic carbocycles. The number of amides is 4. The normalized spacial score (nSPS) is 18.1. The van der Waals surface area contributed by atoms with Gasteiger partial charge in [-0.15, -0.1) is 0 Å². The average Bonchev–Trinajstić information content (AvgIpc) is 2.93. The van der Waals surface area contributed by atoms with Crippen molar-refractivity contribution >= 4 is 23.7 Å². The number of hydrogen-bond donors (Lipinski definition) is 1. The minimum Gasteiger partial charge on any atom is -0.444 e. The molecular weight excluding hydrogens is 506 g/mol. The van der Waals surface area contributed by atoms with Crippen LogP contribution in [0.15, 0.2) is 42.5 Å². The van der Waals surface area contributed by atoms with Gasteiger partial charge in [0.1, 0.15) is 5.60 Å². The Labute approximate surface area is 236 Å². The molecule has 4 amide bonds. The maximum Gasteiger partial charge on any atom is 0.410 e. The predicted octanol–water partition coefficient (Wildman–Crippen LogP) is 5.17. The van der Waals surface area contributed by atoms with E-state index in [4.69, 9.17) is 15.7 Å². The molecule has 2 aliphatic heterocycles. The third-order valence-corrected chi connectivity index (χ3v) is 7.66. The van der Waals surface area contributed by atoms with Gasteiger partial charge in [-0.05, 0) is 94.7 Å². The van der Waals surface area contributed by atoms with Crippen molar-refractivity contribution in [2.45, 2.75) is 70.9 Å². The first-order valence-corrected chi connectivity index (χ1v) is 13.9. The van der Waals surface area contributed by atoms with E-state index in [9.17, 15) is 14.4 Å². The number of urea groups is 1. The summed E-state index contributed by atoms with van der Waals surface area (Å²) in [5.41, 5.74) is 9.01. The van der Waals surface area contributed by atoms with E-state index >= 15 is 0 Å². The maximum atomic E-state index is 13.5. The molecule has 0 aliphatic carbocycles. The maximum absolute atomic E-state index is 13.5. The molecule has 1 atom stereocenters. The zero-order chi connectivity index (χ0) is 29.0. The summed E-state index contributed by atoms with van der Waals surface area (Å²) in [6, 6.07) is 14.3. The van der Waals surface area contributed by atoms with Crippen LogP contribution in [0.3, 0.4) is 0 Å². The number of likely N-dealkylation sites (tertiary alicyclic amines) is 2. The fourth-order valence-corrected chi connectivity index (χ4v) is 5.58. The van der Waals surface area contributed by atoms with E-state index in [0.717, 1.165) is 18.4 Å². The number of nitrogens with zero attached hydrogens (tertiary/aromatic N) is 4. The minimum atomic E-state index is -0.619. The second kappa shape index (κ2) is 12.0. The lowest BCUT2D eigenvalue weighted by Gasteiger charge is -2.39. The second-order valence-electron chi connectivity index (χ2n) is 11.7. The molecule has 2 fully saturated rings. The van der Waals surface area contributed by atoms with Crippen molar-refractivity contribution in [3.05, 3.63) is 64.7 Å². The molecule has 9 heteroatoms. The highest BCUT2D eigenvalue weighted by Gasteiger charge is 2.34. The first-order chi connectivity index (χ1) is 19.0. The van der Waals surface area contributed by atoms with E-state index < -0.39 is 17.7 Å². The summed E-state index contributed by atoms with van der Waals surface area (Å²) in [7, 11) is 0. The van der Waals surface area contributed by atoms with Crippen LogP contribution in [0.4, 0.5) is 15.3 Å². The number of ether oxygens (including phenoxy) is 1. The van der Waals surface area contributed by atoms with Crippen molar-refractivity contribution < 1.29 is 19.1 Å². The molecule has 2 saturated heterocycles. The van der Waals surface area contributed by atoms with Gasteiger partial charge in [0.2, 0.25) is 0 Å². The van der Waals surface area contributed by atoms with Crippen LogP contribution in [0, 0.1) is 18.3 Å². The molecule has 4 rings (SSSR count). The van der Waals surface area contributed by atoms with Crippen molar-refractivity contribution in [2.24, 2.45) is 5.73 Å². The number of benzene rings is 2. The Bertz CT molecular complexity index is 1290. The lowest BCUT2D eigenvalue weighted by molar-refractivity contribution is 0.0199. The summed E-state index contributed by atoms with van der Waals surface area (Å²) in [5, 5.41) is 9.05. The highest BCUT2D eigenvalue weighted by molar-refractivity contribution is 5.98. The summed E-state index contributed by atoms with van der Waals surface area (Å²) in [6.45, 7) is 9.46. The first kappa shape index (κ1) is 28.9. The van der Waals surface area contributed by atoms with E-state index in [1.54, 1.807) is 17.0 Å². The van der Waals surface area contributed by atoms with Crippen LogP contribution in [-0.4, -0.2) is 65.7 Å². The Balaban J connectivity index is 1.47. The lowest BCUT2D eigenvalue weighted by atomic mass is 9.89. The molecule has 2 aromatic rings. The molecule has 40 heavy (non-hydrogen) atoms. The number of rotatable bonds is 4. The van der Waals surface area contributed by atoms with E-state index in [2.05, 4.69) is 6.07 Å². The average molecular weight is 546 g/mol. The quantitative estimate of drug-likeness (QED) is 0.568. The molecule has 212 valence electrons. The number of carbonyl (C=O) groups is 3. The van der Waals surface area contributed by atoms with E-state index in [0.29, 0.717) is 61.8 Å². The molecule has 2 N–H and O–H groups in total. The Morgan fingerprint density at radius 3 is 2.27 bits per heavy atom. The number of aryl methyl sites for hydroxylation is 1. The molecule has 0 spiro atoms. The van der Waals surface area contributed by atoms with Gasteiger partial charge in [0, 0.05) is 37.4 Å². The summed E-state index contributed by atoms with van der Waals surface area (Å²) in [6.07, 6.45) is 2.66. The monoisotopic (exact) mass is 545 g/mol. The van der Waals surface area contributed by atoms with Crippen LogP contribution in [0.25, 0.3) is 0 Å². The molecular formula is C31H39N5O4. The fraction of sp³-hybridized carbons (Fsp3) is 0.484. The van der Waals surface area contributed by atoms with Gasteiger partial charge in [0.05, 0.1) is 17.7 Å². The number of hydrogen-bond acceptors (Lipinski definition) is 5. The van der Waals surface area contributed by atoms with Gasteiger partial charge in [-0.25, -0.2) is 9.59 Å². The van der Waals surface area contributed by atoms with Crippen LogP contribution >= 0.6 is 0 Å². The third-order valence-electron chi connectivity index (χ3n) is 7.66. The van der Waals surface area contributed by atoms with Gasteiger partial charge in [0.15, 0.2) is 0 Å². The van der Waals surface area contributed by atoms with Crippen molar-refractivity contribution in [2.75, 3.05) is 31.1 Å². The van der Waals surface area contributed by atoms with Crippen LogP contribution in [0.1, 0.15) is 79.4 Å². The van der Waals surface area contributed by atoms with Crippen LogP contribution in [-0.2, 0) is 4.74 Å². The summed E-state index contributed by atoms with van der Waals surface area (Å²) in [4.78, 5) is 44.0. The van der Waals surface area contributed by atoms with Gasteiger partial charge in [-0.1, -0.05) is 18.2 Å². The van der Waals surface area contributed by atoms with Crippen LogP contribution in [0.2, 0.25) is 0 Å². The zero-order valence-corrected chi connectivity index (χ0v) is 23.9. The molecule has 0 aromatic heterocycles. The second-order valence-corrected chi connectivity index (χ2v) is 11.7. The zero-order valence-electron chi connectivity index (χ0n) is 23.9. The standard InChI is InChI=1S/C31H39N5O4/c1-21-7-10-25(28(37)34-16-13-24(14-17-34)23-11-8-22(19-32)9-12-23)18-27(21)36(29(33)38)26-6-5-15-35(20-26)30(39)40-31(2,3)4/h7-12,18,24,26H,5-6,13-17,20H2,1-4H3,(H2,33,38). The molecule has 1 unspecified atom stereocenters. The SMILES string of the molecule is Cc1ccc(C(=O)N2CCC(c3ccc(C#N)cc3)CC2)cc1N(C(N)=O)C1CCCN(C(=O)OC(C)(C)C)C1. The topological polar surface area (TPSA) is 120 Å². The number of carbonyl (C=O) groups excluding carboxylic acids is 3. The Morgan fingerprint density at radius 1 is 1.00 bits per heavy atom. The number of anilines is 1. The van der Waals surface area contributed by atoms with Crippen LogP contribution in [0.5, 0.6) is 0 Å². The largest absolute Gasteiger partial charge is 0.444 e. The third kappa shape index (κ3) is 6.74. The van der Waals surface area contributed by atoms with Gasteiger partial charge >= 0.3 is 12.1 Å². The highest BCUT2D eigenvalue weighted by Crippen LogP contribution is 2.31. The fourth-order valence-electron chi connectivity index (χ4n) is 5.58. The van der Waals surface area contributed by atoms with E-state index in [1.807, 2.05) is 62.9 Å². The predicted molar refractivity (Wildman–Crippen MR) is 153 cm³/mol. The van der Waals surface area contributed by atoms with Crippen LogP contribution < -0.4 is 10.6 Å². The summed E-state index contributed by atoms with van der Waals surface area (Å²) >= 11 is 0. The number of nitrogens with two attached hydrogens (primary N) is 1. The van der Waals surface area contributed by atoms with E-state index in [-0.39, 0.29) is 11.9 Å². The lowest BCUT2D eigenvalue weighted by Crippen LogP contribution is -2.54. The minimum absolute atomic E-state index is 0.0806. The Morgan fingerprint density at radius 2 is 1.68 bits per heavy atom. The Hall–Kier alpha value is -4.06. The van der Waals surface area contributed by atoms with Gasteiger partial charge < -0.3 is 20.3 Å². The van der Waals surface area contributed by atoms with Crippen molar-refractivity contribution in [1.82, 2.24) is 9.80 Å². The Kier molecular flexibility index (Phi) is 8.67. The molecule has 2 aliphatic rings. The number of nitriles is 1. The highest BCUT2D eigenvalue weighted by atomic mass is 16.6. The molecule has 9 nitrogen and oxygen atoms in total. The van der Waals surface area contributed by atoms with Gasteiger partial charge in [-0.3, -0.25) is 9.69 Å². The summed E-state index contributed by atoms with van der Waals surface area (Å²) < 4.78 is 5.55. The van der Waals surface area contributed by atoms with Crippen molar-refractivity contribution in [1.29, 1.82) is 5.26 Å². The smallest absolute Gasteiger partial charge is 0.410 e. The van der Waals surface area contributed by atoms with Crippen molar-refractivity contribution in [3.63, 3.8) is 0 Å². The van der Waals surface area contributed by atoms with E-state index in [1.165, 1.54) is 10.5 Å². The summed E-state index contributed by atoms with van der Waals surface area (Å²) in [5.74, 6) is 0.262. The molecule has 0 radical (unpaired) electrons.